The number of ether oxygens (including phenoxy) is 1. The van der Waals surface area contributed by atoms with Gasteiger partial charge in [-0.2, -0.15) is 5.10 Å². The van der Waals surface area contributed by atoms with Gasteiger partial charge in [0.1, 0.15) is 12.3 Å². The first-order valence-electron chi connectivity index (χ1n) is 11.4. The van der Waals surface area contributed by atoms with Crippen molar-refractivity contribution in [1.29, 1.82) is 0 Å². The predicted molar refractivity (Wildman–Crippen MR) is 139 cm³/mol. The fourth-order valence-corrected chi connectivity index (χ4v) is 4.84. The summed E-state index contributed by atoms with van der Waals surface area (Å²) in [6.45, 7) is 4.78. The molecule has 2 aromatic heterocycles. The lowest BCUT2D eigenvalue weighted by Gasteiger charge is -2.19. The summed E-state index contributed by atoms with van der Waals surface area (Å²) in [5.41, 5.74) is 3.20. The van der Waals surface area contributed by atoms with Gasteiger partial charge in [0, 0.05) is 10.4 Å². The van der Waals surface area contributed by atoms with Crippen molar-refractivity contribution in [3.8, 4) is 17.1 Å². The molecule has 0 spiro atoms. The monoisotopic (exact) mass is 492 g/mol. The summed E-state index contributed by atoms with van der Waals surface area (Å²) >= 11 is 7.05. The number of nitrogens with one attached hydrogen (secondary N) is 2. The summed E-state index contributed by atoms with van der Waals surface area (Å²) in [5, 5.41) is 12.4. The van der Waals surface area contributed by atoms with Crippen molar-refractivity contribution in [2.45, 2.75) is 39.3 Å². The van der Waals surface area contributed by atoms with Gasteiger partial charge in [-0.05, 0) is 72.4 Å². The molecule has 0 aliphatic heterocycles. The van der Waals surface area contributed by atoms with Gasteiger partial charge in [-0.3, -0.25) is 14.5 Å². The van der Waals surface area contributed by atoms with E-state index >= 15 is 0 Å². The normalized spacial score (nSPS) is 11.8. The zero-order valence-electron chi connectivity index (χ0n) is 19.3. The maximum atomic E-state index is 13.2. The van der Waals surface area contributed by atoms with Crippen LogP contribution in [0.25, 0.3) is 11.4 Å². The molecule has 0 bridgehead atoms. The molecule has 4 aromatic rings. The number of hydrogen-bond acceptors (Lipinski definition) is 5. The number of hydrogen-bond donors (Lipinski definition) is 2. The topological polar surface area (TPSA) is 71.9 Å². The molecule has 6 nitrogen and oxygen atoms in total. The quantitative estimate of drug-likeness (QED) is 0.269. The molecule has 8 heteroatoms. The Balaban J connectivity index is 1.55. The molecule has 4 rings (SSSR count). The zero-order valence-corrected chi connectivity index (χ0v) is 20.9. The number of benzene rings is 2. The van der Waals surface area contributed by atoms with Gasteiger partial charge >= 0.3 is 0 Å². The van der Waals surface area contributed by atoms with Crippen LogP contribution in [0.5, 0.6) is 5.75 Å². The second-order valence-electron chi connectivity index (χ2n) is 7.90. The van der Waals surface area contributed by atoms with Gasteiger partial charge in [0.25, 0.3) is 0 Å². The SMILES string of the molecule is CCCc1ccc(C(NC(=O)Cn2c(-c3ccc(OCC)cc3)n[nH]c2=S)c2cccs2)cc1. The molecule has 1 atom stereocenters. The van der Waals surface area contributed by atoms with Gasteiger partial charge in [0.05, 0.1) is 12.6 Å². The molecule has 0 aliphatic carbocycles. The van der Waals surface area contributed by atoms with E-state index in [2.05, 4.69) is 46.7 Å². The molecule has 0 aliphatic rings. The van der Waals surface area contributed by atoms with E-state index in [-0.39, 0.29) is 18.5 Å². The van der Waals surface area contributed by atoms with Crippen LogP contribution < -0.4 is 10.1 Å². The van der Waals surface area contributed by atoms with E-state index in [1.165, 1.54) is 5.56 Å². The first-order valence-corrected chi connectivity index (χ1v) is 12.7. The Labute approximate surface area is 208 Å². The van der Waals surface area contributed by atoms with Gasteiger partial charge in [0.15, 0.2) is 10.6 Å². The molecule has 0 saturated carbocycles. The molecule has 2 heterocycles. The number of carbonyl (C=O) groups is 1. The number of H-pyrrole nitrogens is 1. The van der Waals surface area contributed by atoms with E-state index in [0.717, 1.165) is 34.6 Å². The number of aromatic nitrogens is 3. The van der Waals surface area contributed by atoms with Crippen LogP contribution in [0.3, 0.4) is 0 Å². The van der Waals surface area contributed by atoms with Crippen LogP contribution >= 0.6 is 23.6 Å². The number of aryl methyl sites for hydroxylation is 1. The van der Waals surface area contributed by atoms with E-state index in [0.29, 0.717) is 17.2 Å². The standard InChI is InChI=1S/C26H28N4O2S2/c1-3-6-18-8-10-19(11-9-18)24(22-7-5-16-34-22)27-23(31)17-30-25(28-29-26(30)33)20-12-14-21(15-13-20)32-4-2/h5,7-16,24H,3-4,6,17H2,1-2H3,(H,27,31)(H,29,33). The third-order valence-electron chi connectivity index (χ3n) is 5.47. The fraction of sp³-hybridized carbons (Fsp3) is 0.269. The van der Waals surface area contributed by atoms with Crippen molar-refractivity contribution in [3.05, 3.63) is 86.8 Å². The first-order chi connectivity index (χ1) is 16.6. The van der Waals surface area contributed by atoms with E-state index in [1.807, 2.05) is 48.7 Å². The second-order valence-corrected chi connectivity index (χ2v) is 9.27. The van der Waals surface area contributed by atoms with Crippen molar-refractivity contribution in [2.24, 2.45) is 0 Å². The molecule has 0 saturated heterocycles. The average molecular weight is 493 g/mol. The predicted octanol–water partition coefficient (Wildman–Crippen LogP) is 5.93. The van der Waals surface area contributed by atoms with E-state index in [9.17, 15) is 4.79 Å². The van der Waals surface area contributed by atoms with E-state index < -0.39 is 0 Å². The largest absolute Gasteiger partial charge is 0.494 e. The number of rotatable bonds is 10. The maximum absolute atomic E-state index is 13.2. The third-order valence-corrected chi connectivity index (χ3v) is 6.72. The average Bonchev–Trinajstić information content (AvgIpc) is 3.50. The number of nitrogens with zero attached hydrogens (tertiary/aromatic N) is 2. The highest BCUT2D eigenvalue weighted by Gasteiger charge is 2.20. The van der Waals surface area contributed by atoms with Gasteiger partial charge in [0.2, 0.25) is 5.91 Å². The van der Waals surface area contributed by atoms with Crippen LogP contribution in [0.1, 0.15) is 42.3 Å². The summed E-state index contributed by atoms with van der Waals surface area (Å²) in [6.07, 6.45) is 2.15. The Morgan fingerprint density at radius 1 is 1.15 bits per heavy atom. The van der Waals surface area contributed by atoms with Crippen molar-refractivity contribution >= 4 is 29.5 Å². The number of thiophene rings is 1. The van der Waals surface area contributed by atoms with Gasteiger partial charge in [-0.25, -0.2) is 0 Å². The summed E-state index contributed by atoms with van der Waals surface area (Å²) in [4.78, 5) is 14.3. The van der Waals surface area contributed by atoms with Gasteiger partial charge in [-0.1, -0.05) is 43.7 Å². The van der Waals surface area contributed by atoms with Crippen LogP contribution in [0.2, 0.25) is 0 Å². The highest BCUT2D eigenvalue weighted by atomic mass is 32.1. The maximum Gasteiger partial charge on any atom is 0.240 e. The molecule has 0 fully saturated rings. The molecule has 176 valence electrons. The third kappa shape index (κ3) is 5.63. The summed E-state index contributed by atoms with van der Waals surface area (Å²) < 4.78 is 7.64. The Kier molecular flexibility index (Phi) is 7.92. The molecular weight excluding hydrogens is 464 g/mol. The molecule has 34 heavy (non-hydrogen) atoms. The van der Waals surface area contributed by atoms with Crippen LogP contribution in [0.4, 0.5) is 0 Å². The minimum atomic E-state index is -0.224. The van der Waals surface area contributed by atoms with Crippen LogP contribution in [0.15, 0.2) is 66.0 Å². The summed E-state index contributed by atoms with van der Waals surface area (Å²) in [5.74, 6) is 1.26. The Morgan fingerprint density at radius 3 is 2.56 bits per heavy atom. The van der Waals surface area contributed by atoms with Crippen LogP contribution in [0, 0.1) is 4.77 Å². The smallest absolute Gasteiger partial charge is 0.240 e. The van der Waals surface area contributed by atoms with Crippen molar-refractivity contribution < 1.29 is 9.53 Å². The lowest BCUT2D eigenvalue weighted by molar-refractivity contribution is -0.122. The Bertz CT molecular complexity index is 1260. The van der Waals surface area contributed by atoms with Gasteiger partial charge < -0.3 is 10.1 Å². The molecular formula is C26H28N4O2S2. The minimum Gasteiger partial charge on any atom is -0.494 e. The molecule has 1 amide bonds. The van der Waals surface area contributed by atoms with Crippen molar-refractivity contribution in [2.75, 3.05) is 6.61 Å². The van der Waals surface area contributed by atoms with Crippen LogP contribution in [-0.4, -0.2) is 27.3 Å². The van der Waals surface area contributed by atoms with Gasteiger partial charge in [-0.15, -0.1) is 11.3 Å². The summed E-state index contributed by atoms with van der Waals surface area (Å²) in [6, 6.07) is 19.9. The lowest BCUT2D eigenvalue weighted by atomic mass is 10.0. The molecule has 0 radical (unpaired) electrons. The fourth-order valence-electron chi connectivity index (χ4n) is 3.84. The Morgan fingerprint density at radius 2 is 1.91 bits per heavy atom. The minimum absolute atomic E-state index is 0.0632. The van der Waals surface area contributed by atoms with Crippen LogP contribution in [-0.2, 0) is 17.8 Å². The number of amides is 1. The Hall–Kier alpha value is -3.23. The molecule has 2 N–H and O–H groups in total. The molecule has 2 aromatic carbocycles. The highest BCUT2D eigenvalue weighted by molar-refractivity contribution is 7.71. The molecule has 1 unspecified atom stereocenters. The summed E-state index contributed by atoms with van der Waals surface area (Å²) in [7, 11) is 0. The van der Waals surface area contributed by atoms with Crippen molar-refractivity contribution in [3.63, 3.8) is 0 Å². The first kappa shape index (κ1) is 23.9. The zero-order chi connectivity index (χ0) is 23.9. The van der Waals surface area contributed by atoms with E-state index in [4.69, 9.17) is 17.0 Å². The second kappa shape index (κ2) is 11.3. The lowest BCUT2D eigenvalue weighted by Crippen LogP contribution is -2.32. The highest BCUT2D eigenvalue weighted by Crippen LogP contribution is 2.27. The van der Waals surface area contributed by atoms with E-state index in [1.54, 1.807) is 15.9 Å². The number of carbonyl (C=O) groups excluding carboxylic acids is 1. The van der Waals surface area contributed by atoms with Crippen molar-refractivity contribution in [1.82, 2.24) is 20.1 Å². The number of aromatic amines is 1.